The van der Waals surface area contributed by atoms with Crippen LogP contribution >= 0.6 is 7.13 Å². The van der Waals surface area contributed by atoms with Gasteiger partial charge in [-0.3, -0.25) is 0 Å². The third-order valence-electron chi connectivity index (χ3n) is 11.4. The Kier molecular flexibility index (Phi) is 4.98. The van der Waals surface area contributed by atoms with Crippen LogP contribution in [0.5, 0.6) is 5.75 Å². The summed E-state index contributed by atoms with van der Waals surface area (Å²) in [7, 11) is -3.67. The van der Waals surface area contributed by atoms with Crippen LogP contribution in [0.2, 0.25) is 0 Å². The molecule has 0 fully saturated rings. The van der Waals surface area contributed by atoms with Gasteiger partial charge in [0.25, 0.3) is 0 Å². The molecule has 4 aliphatic rings. The molecule has 6 aromatic rings. The van der Waals surface area contributed by atoms with Gasteiger partial charge in [-0.2, -0.15) is 0 Å². The van der Waals surface area contributed by atoms with Gasteiger partial charge in [0.15, 0.2) is 0 Å². The molecule has 0 bridgehead atoms. The fraction of sp³-hybridized carbons (Fsp3) is 0.190. The number of nitrogens with zero attached hydrogens (tertiary/aromatic N) is 3. The molecule has 230 valence electrons. The summed E-state index contributed by atoms with van der Waals surface area (Å²) in [5, 5.41) is 0. The molecule has 2 aromatic heterocycles. The van der Waals surface area contributed by atoms with Crippen LogP contribution in [0.3, 0.4) is 0 Å². The summed E-state index contributed by atoms with van der Waals surface area (Å²) in [5.41, 5.74) is 12.1. The zero-order chi connectivity index (χ0) is 31.9. The summed E-state index contributed by atoms with van der Waals surface area (Å²) in [6.07, 6.45) is 9.47. The molecule has 0 saturated carbocycles. The van der Waals surface area contributed by atoms with Crippen molar-refractivity contribution >= 4 is 23.7 Å². The van der Waals surface area contributed by atoms with Gasteiger partial charge in [0.1, 0.15) is 0 Å². The Labute approximate surface area is 276 Å². The zero-order valence-corrected chi connectivity index (χ0v) is 28.4. The fourth-order valence-corrected chi connectivity index (χ4v) is 16.0. The van der Waals surface area contributed by atoms with Gasteiger partial charge >= 0.3 is 277 Å². The van der Waals surface area contributed by atoms with E-state index in [1.807, 2.05) is 0 Å². The van der Waals surface area contributed by atoms with Gasteiger partial charge in [0.05, 0.1) is 0 Å². The molecule has 2 atom stereocenters. The monoisotopic (exact) mass is 631 g/mol. The van der Waals surface area contributed by atoms with Crippen LogP contribution in [0.25, 0.3) is 44.8 Å². The number of allylic oxidation sites excluding steroid dienone is 4. The quantitative estimate of drug-likeness (QED) is 0.175. The van der Waals surface area contributed by atoms with E-state index >= 15 is 0 Å². The second-order valence-electron chi connectivity index (χ2n) is 15.1. The van der Waals surface area contributed by atoms with E-state index in [9.17, 15) is 0 Å². The first-order chi connectivity index (χ1) is 22.6. The van der Waals surface area contributed by atoms with Crippen molar-refractivity contribution < 1.29 is 13.2 Å². The first-order valence-electron chi connectivity index (χ1n) is 16.7. The molecule has 4 aromatic carbocycles. The predicted molar refractivity (Wildman–Crippen MR) is 192 cm³/mol. The maximum atomic E-state index is 8.11. The van der Waals surface area contributed by atoms with Gasteiger partial charge in [-0.1, -0.05) is 0 Å². The van der Waals surface area contributed by atoms with Crippen molar-refractivity contribution in [2.45, 2.75) is 44.2 Å². The molecule has 1 spiro atoms. The first kappa shape index (κ1) is 27.3. The minimum atomic E-state index is -3.67. The van der Waals surface area contributed by atoms with E-state index in [1.54, 1.807) is 0 Å². The van der Waals surface area contributed by atoms with E-state index in [2.05, 4.69) is 181 Å². The third kappa shape index (κ3) is 3.09. The van der Waals surface area contributed by atoms with E-state index in [0.717, 1.165) is 17.0 Å². The number of hydrogen-bond acceptors (Lipinski definition) is 1. The standard InChI is InChI=1S/C42H38N3OP/c1-41(2,3)34-22-12-20-33-38(34)46-47(5)39-32(31-19-13-23-35-37(31)45(47)40(33)44(35)30-17-10-7-11-18-30)21-14-25-42(39,4)36-27-29(24-26-43(36)47)28-15-8-6-9-16-28/h6-27,39H,1-5H3/q+2/t39-,42?/m0/s1. The van der Waals surface area contributed by atoms with Crippen LogP contribution in [-0.4, -0.2) is 16.9 Å². The average Bonchev–Trinajstić information content (AvgIpc) is 3.53. The molecular weight excluding hydrogens is 593 g/mol. The SMILES string of the molecule is CC(C)(C)c1cccc2c1OP13(C)[C@H]4C(=CC=CC4(C)c4cc(-c5ccccc5)cc[n+]41)c1cccc4c1[n+]3c-2n4-c1ccccc1. The van der Waals surface area contributed by atoms with Gasteiger partial charge < -0.3 is 0 Å². The zero-order valence-electron chi connectivity index (χ0n) is 27.5. The average molecular weight is 632 g/mol. The summed E-state index contributed by atoms with van der Waals surface area (Å²) < 4.78 is 15.9. The number of pyridine rings is 1. The van der Waals surface area contributed by atoms with Crippen LogP contribution in [0, 0.1) is 0 Å². The number of hydrogen-bond donors (Lipinski definition) is 0. The Morgan fingerprint density at radius 1 is 0.809 bits per heavy atom. The summed E-state index contributed by atoms with van der Waals surface area (Å²) in [6.45, 7) is 11.9. The van der Waals surface area contributed by atoms with Gasteiger partial charge in [-0.15, -0.1) is 0 Å². The second-order valence-corrected chi connectivity index (χ2v) is 19.5. The Morgan fingerprint density at radius 3 is 2.30 bits per heavy atom. The molecule has 1 unspecified atom stereocenters. The Hall–Kier alpha value is -4.79. The van der Waals surface area contributed by atoms with E-state index in [0.29, 0.717) is 0 Å². The maximum absolute atomic E-state index is 8.11. The van der Waals surface area contributed by atoms with Crippen molar-refractivity contribution in [2.24, 2.45) is 0 Å². The van der Waals surface area contributed by atoms with Crippen molar-refractivity contribution in [3.05, 3.63) is 150 Å². The molecule has 0 amide bonds. The van der Waals surface area contributed by atoms with Crippen molar-refractivity contribution in [2.75, 3.05) is 6.66 Å². The molecule has 0 saturated heterocycles. The normalized spacial score (nSPS) is 22.7. The van der Waals surface area contributed by atoms with Crippen molar-refractivity contribution in [3.63, 3.8) is 0 Å². The molecule has 5 heterocycles. The van der Waals surface area contributed by atoms with Gasteiger partial charge in [-0.05, 0) is 0 Å². The summed E-state index contributed by atoms with van der Waals surface area (Å²) >= 11 is 0. The topological polar surface area (TPSA) is 21.9 Å². The molecule has 3 aliphatic heterocycles. The third-order valence-corrected chi connectivity index (χ3v) is 16.8. The molecular formula is C42H38N3OP+2. The van der Waals surface area contributed by atoms with Crippen molar-refractivity contribution in [3.8, 4) is 34.0 Å². The van der Waals surface area contributed by atoms with E-state index in [1.165, 1.54) is 50.4 Å². The number of benzene rings is 4. The van der Waals surface area contributed by atoms with Crippen molar-refractivity contribution in [1.82, 2.24) is 4.57 Å². The molecule has 47 heavy (non-hydrogen) atoms. The molecule has 5 heteroatoms. The fourth-order valence-electron chi connectivity index (χ4n) is 9.52. The summed E-state index contributed by atoms with van der Waals surface area (Å²) in [4.78, 5) is 0. The molecule has 1 aliphatic carbocycles. The van der Waals surface area contributed by atoms with Crippen LogP contribution < -0.4 is 13.2 Å². The Morgan fingerprint density at radius 2 is 1.53 bits per heavy atom. The van der Waals surface area contributed by atoms with E-state index in [-0.39, 0.29) is 16.5 Å². The number of imidazole rings is 1. The summed E-state index contributed by atoms with van der Waals surface area (Å²) in [5.74, 6) is 2.22. The number of fused-ring (bicyclic) bond motifs is 5. The van der Waals surface area contributed by atoms with Gasteiger partial charge in [0.2, 0.25) is 0 Å². The molecule has 0 radical (unpaired) electrons. The van der Waals surface area contributed by atoms with Crippen molar-refractivity contribution in [1.29, 1.82) is 0 Å². The van der Waals surface area contributed by atoms with Crippen LogP contribution in [0.1, 0.15) is 44.5 Å². The number of para-hydroxylation sites is 3. The molecule has 0 N–H and O–H groups in total. The predicted octanol–water partition coefficient (Wildman–Crippen LogP) is 9.16. The minimum absolute atomic E-state index is 0.0826. The van der Waals surface area contributed by atoms with Gasteiger partial charge in [-0.25, -0.2) is 0 Å². The first-order valence-corrected chi connectivity index (χ1v) is 19.2. The second kappa shape index (κ2) is 8.56. The number of aromatic nitrogens is 3. The molecule has 10 rings (SSSR count). The van der Waals surface area contributed by atoms with E-state index in [4.69, 9.17) is 4.52 Å². The van der Waals surface area contributed by atoms with Crippen LogP contribution in [0.15, 0.2) is 134 Å². The van der Waals surface area contributed by atoms with E-state index < -0.39 is 7.13 Å². The van der Waals surface area contributed by atoms with Crippen LogP contribution in [0.4, 0.5) is 0 Å². The van der Waals surface area contributed by atoms with Crippen LogP contribution in [-0.2, 0) is 10.8 Å². The Bertz CT molecular complexity index is 2420. The number of rotatable bonds is 2. The molecule has 4 nitrogen and oxygen atoms in total. The Balaban J connectivity index is 1.44. The summed E-state index contributed by atoms with van der Waals surface area (Å²) in [6, 6.07) is 40.0. The van der Waals surface area contributed by atoms with Gasteiger partial charge in [0, 0.05) is 0 Å².